The van der Waals surface area contributed by atoms with Gasteiger partial charge in [-0.3, -0.25) is 9.36 Å². The smallest absolute Gasteiger partial charge is 0.312 e. The lowest BCUT2D eigenvalue weighted by atomic mass is 10.2. The Morgan fingerprint density at radius 3 is 1.94 bits per heavy atom. The lowest BCUT2D eigenvalue weighted by molar-refractivity contribution is -0.127. The molecule has 0 aromatic rings. The van der Waals surface area contributed by atoms with Crippen LogP contribution in [0.15, 0.2) is 0 Å². The third-order valence-electron chi connectivity index (χ3n) is 2.84. The van der Waals surface area contributed by atoms with E-state index in [-0.39, 0.29) is 0 Å². The summed E-state index contributed by atoms with van der Waals surface area (Å²) in [7, 11) is -1.81. The van der Waals surface area contributed by atoms with Gasteiger partial charge in [0.1, 0.15) is 6.16 Å². The van der Waals surface area contributed by atoms with Crippen LogP contribution in [0.3, 0.4) is 0 Å². The summed E-state index contributed by atoms with van der Waals surface area (Å²) in [6, 6.07) is 0. The van der Waals surface area contributed by atoms with Crippen LogP contribution in [0, 0.1) is 5.92 Å². The topological polar surface area (TPSA) is 52.6 Å². The summed E-state index contributed by atoms with van der Waals surface area (Å²) in [5.74, 6) is -6.84. The second-order valence-electron chi connectivity index (χ2n) is 3.61. The molecule has 1 aliphatic carbocycles. The van der Waals surface area contributed by atoms with E-state index < -0.39 is 37.1 Å². The largest absolute Gasteiger partial charge is 0.337 e. The van der Waals surface area contributed by atoms with Crippen LogP contribution < -0.4 is 0 Å². The molecule has 0 bridgehead atoms. The third kappa shape index (κ3) is 1.71. The predicted molar refractivity (Wildman–Crippen MR) is 49.4 cm³/mol. The van der Waals surface area contributed by atoms with Gasteiger partial charge in [0.05, 0.1) is 5.92 Å². The van der Waals surface area contributed by atoms with Gasteiger partial charge in [0.2, 0.25) is 5.67 Å². The highest BCUT2D eigenvalue weighted by atomic mass is 31.2. The zero-order valence-electron chi connectivity index (χ0n) is 9.00. The lowest BCUT2D eigenvalue weighted by Gasteiger charge is -2.13. The number of rotatable bonds is 5. The van der Waals surface area contributed by atoms with Gasteiger partial charge in [-0.25, -0.2) is 13.2 Å². The Kier molecular flexibility index (Phi) is 3.27. The summed E-state index contributed by atoms with van der Waals surface area (Å²) in [6.45, 7) is 0.919. The molecule has 0 aromatic heterocycles. The summed E-state index contributed by atoms with van der Waals surface area (Å²) in [4.78, 5) is 11.3. The number of Topliss-reactive ketones (excluding diaryl/α,β-unsaturated/α-hetero) is 1. The molecule has 8 heteroatoms. The third-order valence-corrected chi connectivity index (χ3v) is 4.63. The van der Waals surface area contributed by atoms with Crippen LogP contribution in [0.5, 0.6) is 0 Å². The van der Waals surface area contributed by atoms with E-state index in [2.05, 4.69) is 9.05 Å². The molecule has 0 spiro atoms. The van der Waals surface area contributed by atoms with E-state index in [1.54, 1.807) is 0 Å². The molecule has 1 rings (SSSR count). The van der Waals surface area contributed by atoms with Crippen LogP contribution in [0.25, 0.3) is 0 Å². The average Bonchev–Trinajstić information content (AvgIpc) is 2.64. The van der Waals surface area contributed by atoms with Crippen molar-refractivity contribution < 1.29 is 31.6 Å². The molecule has 2 atom stereocenters. The molecule has 0 aliphatic heterocycles. The van der Waals surface area contributed by atoms with Crippen molar-refractivity contribution in [3.63, 3.8) is 0 Å². The van der Waals surface area contributed by atoms with E-state index in [4.69, 9.17) is 0 Å². The van der Waals surface area contributed by atoms with Gasteiger partial charge < -0.3 is 9.05 Å². The molecule has 0 heterocycles. The van der Waals surface area contributed by atoms with Gasteiger partial charge in [-0.2, -0.15) is 0 Å². The first kappa shape index (κ1) is 13.7. The van der Waals surface area contributed by atoms with Crippen molar-refractivity contribution in [3.05, 3.63) is 0 Å². The molecule has 2 unspecified atom stereocenters. The van der Waals surface area contributed by atoms with Crippen LogP contribution in [-0.2, 0) is 18.4 Å². The first-order valence-corrected chi connectivity index (χ1v) is 6.19. The Morgan fingerprint density at radius 2 is 1.69 bits per heavy atom. The van der Waals surface area contributed by atoms with Gasteiger partial charge in [-0.1, -0.05) is 6.92 Å². The van der Waals surface area contributed by atoms with Crippen LogP contribution in [-0.4, -0.2) is 37.8 Å². The molecular weight excluding hydrogens is 248 g/mol. The zero-order chi connectivity index (χ0) is 12.8. The highest BCUT2D eigenvalue weighted by Gasteiger charge is 2.84. The fourth-order valence-corrected chi connectivity index (χ4v) is 2.44. The fourth-order valence-electron chi connectivity index (χ4n) is 1.45. The highest BCUT2D eigenvalue weighted by molar-refractivity contribution is 7.54. The van der Waals surface area contributed by atoms with E-state index in [1.165, 1.54) is 0 Å². The molecule has 0 saturated heterocycles. The number of alkyl halides is 3. The average molecular weight is 260 g/mol. The van der Waals surface area contributed by atoms with Crippen LogP contribution in [0.1, 0.15) is 6.92 Å². The fraction of sp³-hybridized carbons (Fsp3) is 0.875. The maximum absolute atomic E-state index is 13.5. The van der Waals surface area contributed by atoms with Gasteiger partial charge in [0, 0.05) is 14.2 Å². The molecule has 0 radical (unpaired) electrons. The number of hydrogen-bond acceptors (Lipinski definition) is 4. The Labute approximate surface area is 90.6 Å². The monoisotopic (exact) mass is 260 g/mol. The molecule has 0 amide bonds. The lowest BCUT2D eigenvalue weighted by Crippen LogP contribution is -2.28. The number of carbonyl (C=O) groups is 1. The second-order valence-corrected chi connectivity index (χ2v) is 5.88. The molecule has 1 fully saturated rings. The highest BCUT2D eigenvalue weighted by Crippen LogP contribution is 2.63. The maximum Gasteiger partial charge on any atom is 0.337 e. The number of ketones is 1. The van der Waals surface area contributed by atoms with Crippen molar-refractivity contribution in [2.75, 3.05) is 20.4 Å². The number of hydrogen-bond donors (Lipinski definition) is 0. The maximum atomic E-state index is 13.5. The van der Waals surface area contributed by atoms with Crippen LogP contribution >= 0.6 is 7.60 Å². The molecule has 1 saturated carbocycles. The van der Waals surface area contributed by atoms with Crippen molar-refractivity contribution in [3.8, 4) is 0 Å². The summed E-state index contributed by atoms with van der Waals surface area (Å²) < 4.78 is 59.5. The first-order chi connectivity index (χ1) is 7.15. The zero-order valence-corrected chi connectivity index (χ0v) is 9.89. The molecule has 16 heavy (non-hydrogen) atoms. The van der Waals surface area contributed by atoms with Crippen molar-refractivity contribution in [2.24, 2.45) is 5.92 Å². The minimum absolute atomic E-state index is 0.919. The van der Waals surface area contributed by atoms with Gasteiger partial charge in [-0.15, -0.1) is 0 Å². The standard InChI is InChI=1S/C8H12F3O4P/c1-5-7(9,8(5,10)11)6(12)4-16(13,14-2)15-3/h5H,4H2,1-3H3. The van der Waals surface area contributed by atoms with E-state index in [9.17, 15) is 22.5 Å². The molecule has 0 N–H and O–H groups in total. The van der Waals surface area contributed by atoms with E-state index in [0.29, 0.717) is 0 Å². The van der Waals surface area contributed by atoms with Crippen LogP contribution in [0.4, 0.5) is 13.2 Å². The van der Waals surface area contributed by atoms with Gasteiger partial charge in [0.15, 0.2) is 5.78 Å². The molecular formula is C8H12F3O4P. The molecule has 4 nitrogen and oxygen atoms in total. The summed E-state index contributed by atoms with van der Waals surface area (Å²) >= 11 is 0. The number of halogens is 3. The minimum atomic E-state index is -3.80. The Morgan fingerprint density at radius 1 is 1.31 bits per heavy atom. The van der Waals surface area contributed by atoms with E-state index in [0.717, 1.165) is 21.1 Å². The molecule has 1 aliphatic rings. The first-order valence-electron chi connectivity index (χ1n) is 4.46. The second kappa shape index (κ2) is 3.82. The summed E-state index contributed by atoms with van der Waals surface area (Å²) in [5.41, 5.74) is -3.24. The van der Waals surface area contributed by atoms with Crippen molar-refractivity contribution in [2.45, 2.75) is 18.5 Å². The summed E-state index contributed by atoms with van der Waals surface area (Å²) in [6.07, 6.45) is -0.990. The van der Waals surface area contributed by atoms with Gasteiger partial charge in [-0.05, 0) is 0 Å². The SMILES string of the molecule is COP(=O)(CC(=O)C1(F)C(C)C1(F)F)OC. The molecule has 0 aromatic carbocycles. The quantitative estimate of drug-likeness (QED) is 0.710. The van der Waals surface area contributed by atoms with Gasteiger partial charge >= 0.3 is 7.60 Å². The normalized spacial score (nSPS) is 32.5. The van der Waals surface area contributed by atoms with Crippen molar-refractivity contribution in [1.29, 1.82) is 0 Å². The Bertz CT molecular complexity index is 351. The van der Waals surface area contributed by atoms with Crippen molar-refractivity contribution in [1.82, 2.24) is 0 Å². The number of carbonyl (C=O) groups excluding carboxylic acids is 1. The van der Waals surface area contributed by atoms with E-state index in [1.807, 2.05) is 0 Å². The molecule has 94 valence electrons. The van der Waals surface area contributed by atoms with Gasteiger partial charge in [0.25, 0.3) is 5.92 Å². The Balaban J connectivity index is 2.80. The van der Waals surface area contributed by atoms with E-state index >= 15 is 0 Å². The van der Waals surface area contributed by atoms with Crippen molar-refractivity contribution >= 4 is 13.4 Å². The van der Waals surface area contributed by atoms with Crippen LogP contribution in [0.2, 0.25) is 0 Å². The minimum Gasteiger partial charge on any atom is -0.312 e. The Hall–Kier alpha value is -0.390. The summed E-state index contributed by atoms with van der Waals surface area (Å²) in [5, 5.41) is 0. The predicted octanol–water partition coefficient (Wildman–Crippen LogP) is 2.03.